The van der Waals surface area contributed by atoms with E-state index in [2.05, 4.69) is 184 Å². The third-order valence-corrected chi connectivity index (χ3v) is 14.0. The number of phenols is 1. The number of aromatic hydroxyl groups is 1. The Kier molecular flexibility index (Phi) is 11.3. The van der Waals surface area contributed by atoms with Crippen molar-refractivity contribution >= 4 is 11.0 Å². The van der Waals surface area contributed by atoms with Gasteiger partial charge in [0.05, 0.1) is 28.0 Å². The lowest BCUT2D eigenvalue weighted by Gasteiger charge is -2.26. The van der Waals surface area contributed by atoms with Gasteiger partial charge in [-0.3, -0.25) is 9.55 Å². The molecule has 4 heteroatoms. The average molecular weight is 943 g/mol. The summed E-state index contributed by atoms with van der Waals surface area (Å²) >= 11 is 0. The van der Waals surface area contributed by atoms with Crippen molar-refractivity contribution in [2.24, 2.45) is 0 Å². The summed E-state index contributed by atoms with van der Waals surface area (Å²) in [5.74, 6) is 0.560. The zero-order valence-corrected chi connectivity index (χ0v) is 43.2. The van der Waals surface area contributed by atoms with Crippen LogP contribution >= 0.6 is 0 Å². The molecule has 0 aliphatic rings. The third kappa shape index (κ3) is 9.19. The van der Waals surface area contributed by atoms with Gasteiger partial charge in [-0.1, -0.05) is 196 Å². The van der Waals surface area contributed by atoms with E-state index in [-0.39, 0.29) is 22.1 Å². The summed E-state index contributed by atoms with van der Waals surface area (Å²) in [6.45, 7) is 19.0. The molecule has 8 aromatic carbocycles. The standard InChI is InChI=1S/C68H65N3O/c1-43-36-56(64(72)58(37-43)68(9,10)11)65-70-63-55(51-39-52(41-53(40-51)66(3,4)5)59-42-49(34-35-69-59)47-30-28-46(29-31-47)45-20-14-12-15-21-45)25-19-27-61(63)71(65)60-33-32-50(38-44(60)2)62-54(48-22-16-13-17-23-48)24-18-26-57(62)67(6,7)8/h12-42,72H,1-11H3/i2D3. The highest BCUT2D eigenvalue weighted by atomic mass is 16.3. The Hall–Kier alpha value is -7.82. The van der Waals surface area contributed by atoms with Gasteiger partial charge in [0.1, 0.15) is 11.6 Å². The molecule has 0 bridgehead atoms. The average Bonchev–Trinajstić information content (AvgIpc) is 3.78. The number of para-hydroxylation sites is 1. The van der Waals surface area contributed by atoms with Crippen LogP contribution in [0.4, 0.5) is 0 Å². The van der Waals surface area contributed by atoms with Crippen molar-refractivity contribution in [1.82, 2.24) is 14.5 Å². The molecule has 358 valence electrons. The van der Waals surface area contributed by atoms with Gasteiger partial charge in [-0.15, -0.1) is 0 Å². The number of hydrogen-bond donors (Lipinski definition) is 1. The minimum absolute atomic E-state index is 0.113. The monoisotopic (exact) mass is 943 g/mol. The van der Waals surface area contributed by atoms with Crippen molar-refractivity contribution in [3.63, 3.8) is 0 Å². The maximum absolute atomic E-state index is 12.4. The Morgan fingerprint density at radius 2 is 1.08 bits per heavy atom. The zero-order valence-electron chi connectivity index (χ0n) is 46.2. The fourth-order valence-electron chi connectivity index (χ4n) is 10.1. The van der Waals surface area contributed by atoms with Gasteiger partial charge in [0.2, 0.25) is 0 Å². The second-order valence-electron chi connectivity index (χ2n) is 22.4. The van der Waals surface area contributed by atoms with Crippen LogP contribution in [0.15, 0.2) is 188 Å². The van der Waals surface area contributed by atoms with Crippen molar-refractivity contribution in [2.45, 2.75) is 92.3 Å². The van der Waals surface area contributed by atoms with Crippen LogP contribution in [-0.2, 0) is 16.2 Å². The molecule has 0 amide bonds. The van der Waals surface area contributed by atoms with E-state index in [1.165, 1.54) is 5.56 Å². The summed E-state index contributed by atoms with van der Waals surface area (Å²) in [5.41, 5.74) is 17.6. The number of pyridine rings is 1. The Bertz CT molecular complexity index is 3760. The highest BCUT2D eigenvalue weighted by Crippen LogP contribution is 2.46. The van der Waals surface area contributed by atoms with Crippen molar-refractivity contribution in [2.75, 3.05) is 0 Å². The van der Waals surface area contributed by atoms with Crippen molar-refractivity contribution in [3.8, 4) is 89.7 Å². The SMILES string of the molecule is [2H]C([2H])([2H])c1cc(-c2c(-c3ccccc3)cccc2C(C)(C)C)ccc1-n1c(-c2cc(C)cc(C(C)(C)C)c2O)nc2c(-c3cc(-c4cc(-c5ccc(-c6ccccc6)cc5)ccn4)cc(C(C)(C)C)c3)cccc21. The van der Waals surface area contributed by atoms with Gasteiger partial charge in [0.25, 0.3) is 0 Å². The summed E-state index contributed by atoms with van der Waals surface area (Å²) in [6, 6.07) is 62.6. The van der Waals surface area contributed by atoms with Gasteiger partial charge in [0, 0.05) is 27.0 Å². The molecule has 4 nitrogen and oxygen atoms in total. The molecule has 10 aromatic rings. The molecule has 0 aliphatic heterocycles. The minimum Gasteiger partial charge on any atom is -0.507 e. The molecule has 2 aromatic heterocycles. The number of rotatable bonds is 8. The van der Waals surface area contributed by atoms with Gasteiger partial charge in [-0.25, -0.2) is 4.98 Å². The van der Waals surface area contributed by atoms with Gasteiger partial charge in [0.15, 0.2) is 0 Å². The first-order valence-corrected chi connectivity index (χ1v) is 25.0. The summed E-state index contributed by atoms with van der Waals surface area (Å²) in [6.07, 6.45) is 1.88. The minimum atomic E-state index is -2.55. The van der Waals surface area contributed by atoms with Gasteiger partial charge in [-0.05, 0) is 151 Å². The molecule has 0 atom stereocenters. The zero-order chi connectivity index (χ0) is 53.2. The molecular formula is C68H65N3O. The molecule has 0 radical (unpaired) electrons. The summed E-state index contributed by atoms with van der Waals surface area (Å²) in [5, 5.41) is 12.4. The molecule has 0 saturated carbocycles. The number of imidazole rings is 1. The van der Waals surface area contributed by atoms with Gasteiger partial charge >= 0.3 is 0 Å². The van der Waals surface area contributed by atoms with Crippen LogP contribution in [0.2, 0.25) is 0 Å². The molecular weight excluding hydrogens is 875 g/mol. The molecule has 0 aliphatic carbocycles. The largest absolute Gasteiger partial charge is 0.507 e. The van der Waals surface area contributed by atoms with Gasteiger partial charge in [-0.2, -0.15) is 0 Å². The second kappa shape index (κ2) is 18.4. The molecule has 0 spiro atoms. The topological polar surface area (TPSA) is 50.9 Å². The lowest BCUT2D eigenvalue weighted by atomic mass is 9.78. The number of benzene rings is 8. The number of aryl methyl sites for hydroxylation is 2. The normalized spacial score (nSPS) is 12.9. The predicted octanol–water partition coefficient (Wildman–Crippen LogP) is 18.3. The smallest absolute Gasteiger partial charge is 0.149 e. The second-order valence-corrected chi connectivity index (χ2v) is 22.4. The van der Waals surface area contributed by atoms with E-state index in [4.69, 9.17) is 9.97 Å². The molecule has 0 unspecified atom stereocenters. The lowest BCUT2D eigenvalue weighted by molar-refractivity contribution is 0.448. The summed E-state index contributed by atoms with van der Waals surface area (Å²) in [7, 11) is 0. The number of hydrogen-bond acceptors (Lipinski definition) is 3. The third-order valence-electron chi connectivity index (χ3n) is 14.0. The Morgan fingerprint density at radius 1 is 0.472 bits per heavy atom. The fraction of sp³-hybridized carbons (Fsp3) is 0.206. The molecule has 0 fully saturated rings. The maximum Gasteiger partial charge on any atom is 0.149 e. The van der Waals surface area contributed by atoms with Crippen LogP contribution in [0, 0.1) is 13.8 Å². The van der Waals surface area contributed by atoms with Crippen molar-refractivity contribution < 1.29 is 9.22 Å². The van der Waals surface area contributed by atoms with Crippen LogP contribution in [-0.4, -0.2) is 19.6 Å². The molecule has 1 N–H and O–H groups in total. The van der Waals surface area contributed by atoms with E-state index in [9.17, 15) is 9.22 Å². The Labute approximate surface area is 431 Å². The summed E-state index contributed by atoms with van der Waals surface area (Å²) in [4.78, 5) is 10.5. The molecule has 2 heterocycles. The van der Waals surface area contributed by atoms with Crippen molar-refractivity contribution in [3.05, 3.63) is 216 Å². The first-order valence-electron chi connectivity index (χ1n) is 26.5. The van der Waals surface area contributed by atoms with Crippen LogP contribution in [0.1, 0.15) is 94.2 Å². The fourth-order valence-corrected chi connectivity index (χ4v) is 10.1. The van der Waals surface area contributed by atoms with E-state index in [1.54, 1.807) is 0 Å². The van der Waals surface area contributed by atoms with E-state index in [0.29, 0.717) is 28.1 Å². The first-order chi connectivity index (χ1) is 35.5. The van der Waals surface area contributed by atoms with Crippen LogP contribution in [0.25, 0.3) is 95.0 Å². The van der Waals surface area contributed by atoms with Crippen molar-refractivity contribution in [1.29, 1.82) is 0 Å². The first kappa shape index (κ1) is 44.1. The number of aromatic nitrogens is 3. The number of nitrogens with zero attached hydrogens (tertiary/aromatic N) is 3. The van der Waals surface area contributed by atoms with Crippen LogP contribution in [0.3, 0.4) is 0 Å². The Balaban J connectivity index is 1.20. The number of fused-ring (bicyclic) bond motifs is 1. The highest BCUT2D eigenvalue weighted by Gasteiger charge is 2.28. The van der Waals surface area contributed by atoms with Crippen LogP contribution < -0.4 is 0 Å². The summed E-state index contributed by atoms with van der Waals surface area (Å²) < 4.78 is 29.8. The lowest BCUT2D eigenvalue weighted by Crippen LogP contribution is -2.13. The van der Waals surface area contributed by atoms with E-state index in [1.807, 2.05) is 78.4 Å². The quantitative estimate of drug-likeness (QED) is 0.165. The predicted molar refractivity (Wildman–Crippen MR) is 304 cm³/mol. The molecule has 72 heavy (non-hydrogen) atoms. The van der Waals surface area contributed by atoms with E-state index >= 15 is 0 Å². The highest BCUT2D eigenvalue weighted by molar-refractivity contribution is 5.97. The number of phenolic OH excluding ortho intramolecular Hbond substituents is 1. The van der Waals surface area contributed by atoms with E-state index < -0.39 is 12.3 Å². The Morgan fingerprint density at radius 3 is 1.75 bits per heavy atom. The van der Waals surface area contributed by atoms with E-state index in [0.717, 1.165) is 83.6 Å². The maximum atomic E-state index is 12.4. The molecule has 0 saturated heterocycles. The molecule has 10 rings (SSSR count). The van der Waals surface area contributed by atoms with Crippen LogP contribution in [0.5, 0.6) is 5.75 Å². The van der Waals surface area contributed by atoms with Gasteiger partial charge < -0.3 is 5.11 Å².